The van der Waals surface area contributed by atoms with Crippen LogP contribution in [0.15, 0.2) is 22.7 Å². The molecule has 2 rings (SSSR count). The minimum atomic E-state index is -0.392. The molecule has 1 aromatic carbocycles. The van der Waals surface area contributed by atoms with E-state index in [9.17, 15) is 0 Å². The summed E-state index contributed by atoms with van der Waals surface area (Å²) in [4.78, 5) is 4.26. The zero-order chi connectivity index (χ0) is 13.8. The lowest BCUT2D eigenvalue weighted by Crippen LogP contribution is -2.18. The number of benzene rings is 1. The van der Waals surface area contributed by atoms with Crippen molar-refractivity contribution >= 4 is 34.2 Å². The molecule has 1 aromatic heterocycles. The monoisotopic (exact) mass is 393 g/mol. The maximum Gasteiger partial charge on any atom is 0.258 e. The number of ether oxygens (including phenoxy) is 1. The number of hydrogen-bond donors (Lipinski definition) is 1. The summed E-state index contributed by atoms with van der Waals surface area (Å²) in [5.41, 5.74) is 6.66. The van der Waals surface area contributed by atoms with Crippen molar-refractivity contribution in [3.8, 4) is 11.5 Å². The molecule has 0 aliphatic carbocycles. The van der Waals surface area contributed by atoms with Crippen molar-refractivity contribution in [2.24, 2.45) is 5.73 Å². The molecule has 0 radical (unpaired) electrons. The van der Waals surface area contributed by atoms with Crippen LogP contribution in [0.5, 0.6) is 0 Å². The van der Waals surface area contributed by atoms with Gasteiger partial charge in [-0.1, -0.05) is 16.8 Å². The summed E-state index contributed by atoms with van der Waals surface area (Å²) in [6.07, 6.45) is 0. The summed E-state index contributed by atoms with van der Waals surface area (Å²) < 4.78 is 11.4. The Balaban J connectivity index is 2.18. The molecule has 0 aliphatic heterocycles. The molecule has 0 amide bonds. The van der Waals surface area contributed by atoms with E-state index in [2.05, 4.69) is 32.7 Å². The number of aromatic nitrogens is 2. The summed E-state index contributed by atoms with van der Waals surface area (Å²) in [6, 6.07) is 5.16. The van der Waals surface area contributed by atoms with Crippen LogP contribution in [-0.4, -0.2) is 23.4 Å². The fourth-order valence-electron chi connectivity index (χ4n) is 1.45. The molecular formula is C12H13ClIN3O2. The van der Waals surface area contributed by atoms with Crippen molar-refractivity contribution in [2.45, 2.75) is 13.0 Å². The Labute approximate surface area is 129 Å². The minimum absolute atomic E-state index is 0.364. The highest BCUT2D eigenvalue weighted by Crippen LogP contribution is 2.26. The van der Waals surface area contributed by atoms with Crippen molar-refractivity contribution in [1.82, 2.24) is 10.1 Å². The summed E-state index contributed by atoms with van der Waals surface area (Å²) in [5.74, 6) is 0.832. The molecule has 2 N–H and O–H groups in total. The Morgan fingerprint density at radius 1 is 1.53 bits per heavy atom. The second-order valence-electron chi connectivity index (χ2n) is 3.85. The molecule has 0 bridgehead atoms. The molecule has 0 fully saturated rings. The van der Waals surface area contributed by atoms with Crippen molar-refractivity contribution in [2.75, 3.05) is 13.2 Å². The standard InChI is InChI=1S/C12H13ClIN3O2/c1-2-18-6-10(15)11-16-12(19-17-11)7-3-4-9(14)8(13)5-7/h3-5,10H,2,6,15H2,1H3. The summed E-state index contributed by atoms with van der Waals surface area (Å²) >= 11 is 8.22. The normalized spacial score (nSPS) is 12.6. The summed E-state index contributed by atoms with van der Waals surface area (Å²) in [5, 5.41) is 4.51. The van der Waals surface area contributed by atoms with Crippen LogP contribution in [0.1, 0.15) is 18.8 Å². The van der Waals surface area contributed by atoms with E-state index in [0.717, 1.165) is 9.13 Å². The maximum atomic E-state index is 6.06. The first kappa shape index (κ1) is 14.7. The van der Waals surface area contributed by atoms with E-state index in [0.29, 0.717) is 30.0 Å². The number of nitrogens with two attached hydrogens (primary N) is 1. The van der Waals surface area contributed by atoms with Gasteiger partial charge in [0.1, 0.15) is 0 Å². The Morgan fingerprint density at radius 2 is 2.32 bits per heavy atom. The van der Waals surface area contributed by atoms with Gasteiger partial charge in [0.2, 0.25) is 0 Å². The smallest absolute Gasteiger partial charge is 0.258 e. The van der Waals surface area contributed by atoms with Crippen LogP contribution < -0.4 is 5.73 Å². The molecule has 0 aliphatic rings. The Morgan fingerprint density at radius 3 is 3.00 bits per heavy atom. The second kappa shape index (κ2) is 6.65. The molecule has 1 atom stereocenters. The number of halogens is 2. The zero-order valence-corrected chi connectivity index (χ0v) is 13.2. The van der Waals surface area contributed by atoms with Crippen LogP contribution in [0.3, 0.4) is 0 Å². The van der Waals surface area contributed by atoms with E-state index in [-0.39, 0.29) is 0 Å². The van der Waals surface area contributed by atoms with Gasteiger partial charge in [0.15, 0.2) is 5.82 Å². The first-order valence-electron chi connectivity index (χ1n) is 5.74. The first-order chi connectivity index (χ1) is 9.11. The van der Waals surface area contributed by atoms with Crippen LogP contribution in [0.4, 0.5) is 0 Å². The maximum absolute atomic E-state index is 6.06. The van der Waals surface area contributed by atoms with Crippen LogP contribution in [0.25, 0.3) is 11.5 Å². The van der Waals surface area contributed by atoms with Crippen LogP contribution >= 0.6 is 34.2 Å². The molecule has 1 heterocycles. The van der Waals surface area contributed by atoms with Crippen molar-refractivity contribution in [3.05, 3.63) is 32.6 Å². The van der Waals surface area contributed by atoms with Crippen LogP contribution in [-0.2, 0) is 4.74 Å². The van der Waals surface area contributed by atoms with Crippen molar-refractivity contribution < 1.29 is 9.26 Å². The zero-order valence-electron chi connectivity index (χ0n) is 10.3. The van der Waals surface area contributed by atoms with E-state index >= 15 is 0 Å². The predicted molar refractivity (Wildman–Crippen MR) is 80.9 cm³/mol. The van der Waals surface area contributed by atoms with Gasteiger partial charge in [-0.25, -0.2) is 0 Å². The molecule has 0 saturated heterocycles. The highest BCUT2D eigenvalue weighted by Gasteiger charge is 2.15. The van der Waals surface area contributed by atoms with Crippen molar-refractivity contribution in [3.63, 3.8) is 0 Å². The van der Waals surface area contributed by atoms with E-state index in [1.165, 1.54) is 0 Å². The van der Waals surface area contributed by atoms with Gasteiger partial charge in [0.25, 0.3) is 5.89 Å². The average Bonchev–Trinajstić information content (AvgIpc) is 2.89. The highest BCUT2D eigenvalue weighted by molar-refractivity contribution is 14.1. The van der Waals surface area contributed by atoms with E-state index in [1.807, 2.05) is 19.1 Å². The highest BCUT2D eigenvalue weighted by atomic mass is 127. The topological polar surface area (TPSA) is 74.2 Å². The molecule has 0 saturated carbocycles. The Kier molecular flexibility index (Phi) is 5.14. The number of rotatable bonds is 5. The Bertz CT molecular complexity index is 562. The predicted octanol–water partition coefficient (Wildman–Crippen LogP) is 3.03. The third kappa shape index (κ3) is 3.65. The van der Waals surface area contributed by atoms with Gasteiger partial charge < -0.3 is 15.0 Å². The van der Waals surface area contributed by atoms with E-state index < -0.39 is 6.04 Å². The molecule has 5 nitrogen and oxygen atoms in total. The lowest BCUT2D eigenvalue weighted by Gasteiger charge is -2.05. The molecule has 1 unspecified atom stereocenters. The SMILES string of the molecule is CCOCC(N)c1noc(-c2ccc(I)c(Cl)c2)n1. The lowest BCUT2D eigenvalue weighted by molar-refractivity contribution is 0.130. The van der Waals surface area contributed by atoms with Gasteiger partial charge in [-0.3, -0.25) is 0 Å². The summed E-state index contributed by atoms with van der Waals surface area (Å²) in [7, 11) is 0. The van der Waals surface area contributed by atoms with Gasteiger partial charge >= 0.3 is 0 Å². The third-order valence-electron chi connectivity index (χ3n) is 2.44. The van der Waals surface area contributed by atoms with Gasteiger partial charge in [0.05, 0.1) is 17.7 Å². The summed E-state index contributed by atoms with van der Waals surface area (Å²) in [6.45, 7) is 2.87. The minimum Gasteiger partial charge on any atom is -0.380 e. The van der Waals surface area contributed by atoms with Gasteiger partial charge in [-0.05, 0) is 47.7 Å². The largest absolute Gasteiger partial charge is 0.380 e. The quantitative estimate of drug-likeness (QED) is 0.791. The third-order valence-corrected chi connectivity index (χ3v) is 4.01. The number of hydrogen-bond acceptors (Lipinski definition) is 5. The Hall–Kier alpha value is -0.700. The van der Waals surface area contributed by atoms with Crippen LogP contribution in [0.2, 0.25) is 5.02 Å². The molecule has 19 heavy (non-hydrogen) atoms. The van der Waals surface area contributed by atoms with Gasteiger partial charge in [0, 0.05) is 15.7 Å². The lowest BCUT2D eigenvalue weighted by atomic mass is 10.2. The second-order valence-corrected chi connectivity index (χ2v) is 5.42. The molecule has 7 heteroatoms. The average molecular weight is 394 g/mol. The fraction of sp³-hybridized carbons (Fsp3) is 0.333. The molecular weight excluding hydrogens is 381 g/mol. The number of nitrogens with zero attached hydrogens (tertiary/aromatic N) is 2. The van der Waals surface area contributed by atoms with E-state index in [4.69, 9.17) is 26.6 Å². The van der Waals surface area contributed by atoms with Crippen molar-refractivity contribution in [1.29, 1.82) is 0 Å². The van der Waals surface area contributed by atoms with Gasteiger partial charge in [-0.15, -0.1) is 0 Å². The van der Waals surface area contributed by atoms with Crippen LogP contribution in [0, 0.1) is 3.57 Å². The van der Waals surface area contributed by atoms with E-state index in [1.54, 1.807) is 6.07 Å². The fourth-order valence-corrected chi connectivity index (χ4v) is 1.97. The first-order valence-corrected chi connectivity index (χ1v) is 7.19. The molecule has 0 spiro atoms. The molecule has 2 aromatic rings. The van der Waals surface area contributed by atoms with Gasteiger partial charge in [-0.2, -0.15) is 4.98 Å². The molecule has 102 valence electrons.